The molecule has 0 aliphatic heterocycles. The molecular weight excluding hydrogens is 346 g/mol. The summed E-state index contributed by atoms with van der Waals surface area (Å²) in [5, 5.41) is 8.30. The quantitative estimate of drug-likeness (QED) is 0.221. The van der Waals surface area contributed by atoms with Gasteiger partial charge in [-0.3, -0.25) is 0 Å². The van der Waals surface area contributed by atoms with Crippen LogP contribution >= 0.6 is 11.8 Å². The van der Waals surface area contributed by atoms with E-state index in [-0.39, 0.29) is 0 Å². The molecule has 0 unspecified atom stereocenters. The van der Waals surface area contributed by atoms with Gasteiger partial charge in [-0.25, -0.2) is 0 Å². The van der Waals surface area contributed by atoms with E-state index >= 15 is 0 Å². The molecular formula is C20H33N3O2S. The van der Waals surface area contributed by atoms with Crippen LogP contribution in [0.5, 0.6) is 11.5 Å². The summed E-state index contributed by atoms with van der Waals surface area (Å²) in [4.78, 5) is 0. The van der Waals surface area contributed by atoms with Gasteiger partial charge in [0.1, 0.15) is 0 Å². The third-order valence-corrected chi connectivity index (χ3v) is 4.35. The first kappa shape index (κ1) is 22.4. The molecule has 0 aromatic heterocycles. The highest BCUT2D eigenvalue weighted by atomic mass is 32.2. The Balaban J connectivity index is 2.49. The molecule has 0 fully saturated rings. The van der Waals surface area contributed by atoms with Crippen molar-refractivity contribution in [2.75, 3.05) is 19.5 Å². The van der Waals surface area contributed by atoms with Gasteiger partial charge in [0.15, 0.2) is 16.7 Å². The highest BCUT2D eigenvalue weighted by Crippen LogP contribution is 2.28. The summed E-state index contributed by atoms with van der Waals surface area (Å²) in [7, 11) is 0. The fourth-order valence-electron chi connectivity index (χ4n) is 2.43. The van der Waals surface area contributed by atoms with Crippen LogP contribution in [0.1, 0.15) is 64.4 Å². The van der Waals surface area contributed by atoms with Crippen LogP contribution in [0.2, 0.25) is 0 Å². The Morgan fingerprint density at radius 2 is 1.77 bits per heavy atom. The SMILES string of the molecule is CCCCCCCCCOc1ccc(/C=N\N=C(/N)SC)cc1OCC. The Kier molecular flexibility index (Phi) is 12.4. The van der Waals surface area contributed by atoms with Crippen LogP contribution in [0, 0.1) is 0 Å². The van der Waals surface area contributed by atoms with Crippen LogP contribution in [0.25, 0.3) is 0 Å². The minimum Gasteiger partial charge on any atom is -0.490 e. The van der Waals surface area contributed by atoms with Crippen molar-refractivity contribution in [2.45, 2.75) is 58.8 Å². The Morgan fingerprint density at radius 3 is 2.46 bits per heavy atom. The Bertz CT molecular complexity index is 562. The van der Waals surface area contributed by atoms with E-state index in [1.165, 1.54) is 50.3 Å². The number of nitrogens with zero attached hydrogens (tertiary/aromatic N) is 2. The van der Waals surface area contributed by atoms with Gasteiger partial charge in [-0.2, -0.15) is 5.10 Å². The first-order valence-electron chi connectivity index (χ1n) is 9.51. The summed E-state index contributed by atoms with van der Waals surface area (Å²) in [5.41, 5.74) is 6.50. The lowest BCUT2D eigenvalue weighted by molar-refractivity contribution is 0.270. The minimum absolute atomic E-state index is 0.431. The van der Waals surface area contributed by atoms with E-state index in [9.17, 15) is 0 Å². The molecule has 0 amide bonds. The van der Waals surface area contributed by atoms with E-state index in [1.54, 1.807) is 6.21 Å². The van der Waals surface area contributed by atoms with Crippen molar-refractivity contribution in [3.63, 3.8) is 0 Å². The van der Waals surface area contributed by atoms with Crippen LogP contribution in [-0.2, 0) is 0 Å². The zero-order valence-electron chi connectivity index (χ0n) is 16.4. The molecule has 6 heteroatoms. The summed E-state index contributed by atoms with van der Waals surface area (Å²) >= 11 is 1.36. The van der Waals surface area contributed by atoms with E-state index < -0.39 is 0 Å². The fraction of sp³-hybridized carbons (Fsp3) is 0.600. The van der Waals surface area contributed by atoms with Crippen LogP contribution in [-0.4, -0.2) is 30.9 Å². The van der Waals surface area contributed by atoms with Crippen molar-refractivity contribution in [2.24, 2.45) is 15.9 Å². The lowest BCUT2D eigenvalue weighted by Gasteiger charge is -2.12. The number of nitrogens with two attached hydrogens (primary N) is 1. The van der Waals surface area contributed by atoms with Gasteiger partial charge < -0.3 is 15.2 Å². The smallest absolute Gasteiger partial charge is 0.180 e. The lowest BCUT2D eigenvalue weighted by atomic mass is 10.1. The average molecular weight is 380 g/mol. The van der Waals surface area contributed by atoms with Gasteiger partial charge in [0.2, 0.25) is 0 Å². The Labute approximate surface area is 162 Å². The van der Waals surface area contributed by atoms with Crippen molar-refractivity contribution in [1.82, 2.24) is 0 Å². The molecule has 1 aromatic carbocycles. The molecule has 0 saturated heterocycles. The van der Waals surface area contributed by atoms with Gasteiger partial charge in [0, 0.05) is 0 Å². The average Bonchev–Trinajstić information content (AvgIpc) is 2.65. The number of rotatable bonds is 13. The van der Waals surface area contributed by atoms with Crippen molar-refractivity contribution in [3.8, 4) is 11.5 Å². The minimum atomic E-state index is 0.431. The molecule has 5 nitrogen and oxygen atoms in total. The summed E-state index contributed by atoms with van der Waals surface area (Å²) in [5.74, 6) is 1.52. The van der Waals surface area contributed by atoms with E-state index in [2.05, 4.69) is 17.1 Å². The third-order valence-electron chi connectivity index (χ3n) is 3.85. The van der Waals surface area contributed by atoms with Crippen molar-refractivity contribution < 1.29 is 9.47 Å². The Hall–Kier alpha value is -1.69. The number of hydrogen-bond acceptors (Lipinski definition) is 5. The van der Waals surface area contributed by atoms with Gasteiger partial charge in [-0.1, -0.05) is 57.2 Å². The van der Waals surface area contributed by atoms with Crippen molar-refractivity contribution in [1.29, 1.82) is 0 Å². The largest absolute Gasteiger partial charge is 0.490 e. The molecule has 0 spiro atoms. The molecule has 1 aromatic rings. The number of hydrogen-bond donors (Lipinski definition) is 1. The monoisotopic (exact) mass is 379 g/mol. The molecule has 0 aliphatic rings. The number of ether oxygens (including phenoxy) is 2. The zero-order valence-corrected chi connectivity index (χ0v) is 17.2. The topological polar surface area (TPSA) is 69.2 Å². The van der Waals surface area contributed by atoms with Gasteiger partial charge in [0.05, 0.1) is 19.4 Å². The van der Waals surface area contributed by atoms with Crippen LogP contribution in [0.3, 0.4) is 0 Å². The molecule has 146 valence electrons. The second-order valence-corrected chi connectivity index (χ2v) is 6.82. The second-order valence-electron chi connectivity index (χ2n) is 6.00. The molecule has 0 radical (unpaired) electrons. The first-order chi connectivity index (χ1) is 12.7. The summed E-state index contributed by atoms with van der Waals surface area (Å²) < 4.78 is 11.6. The van der Waals surface area contributed by atoms with Crippen molar-refractivity contribution in [3.05, 3.63) is 23.8 Å². The highest BCUT2D eigenvalue weighted by Gasteiger charge is 2.06. The Morgan fingerprint density at radius 1 is 1.04 bits per heavy atom. The highest BCUT2D eigenvalue weighted by molar-refractivity contribution is 8.13. The van der Waals surface area contributed by atoms with E-state index in [0.29, 0.717) is 11.8 Å². The molecule has 0 aliphatic carbocycles. The maximum atomic E-state index is 5.91. The second kappa shape index (κ2) is 14.5. The summed E-state index contributed by atoms with van der Waals surface area (Å²) in [6, 6.07) is 5.78. The lowest BCUT2D eigenvalue weighted by Crippen LogP contribution is -2.04. The molecule has 2 N–H and O–H groups in total. The van der Waals surface area contributed by atoms with Gasteiger partial charge in [-0.05, 0) is 43.4 Å². The molecule has 0 saturated carbocycles. The molecule has 26 heavy (non-hydrogen) atoms. The fourth-order valence-corrected chi connectivity index (χ4v) is 2.56. The van der Waals surface area contributed by atoms with Gasteiger partial charge in [0.25, 0.3) is 0 Å². The zero-order chi connectivity index (χ0) is 19.0. The van der Waals surface area contributed by atoms with Crippen LogP contribution in [0.4, 0.5) is 0 Å². The maximum absolute atomic E-state index is 5.91. The molecule has 1 rings (SSSR count). The number of thioether (sulfide) groups is 1. The first-order valence-corrected chi connectivity index (χ1v) is 10.7. The molecule has 0 bridgehead atoms. The summed E-state index contributed by atoms with van der Waals surface area (Å²) in [6.07, 6.45) is 12.4. The van der Waals surface area contributed by atoms with Crippen LogP contribution < -0.4 is 15.2 Å². The number of amidine groups is 1. The van der Waals surface area contributed by atoms with Gasteiger partial charge >= 0.3 is 0 Å². The van der Waals surface area contributed by atoms with Gasteiger partial charge in [-0.15, -0.1) is 5.10 Å². The third kappa shape index (κ3) is 9.70. The molecule has 0 heterocycles. The van der Waals surface area contributed by atoms with Crippen molar-refractivity contribution >= 4 is 23.1 Å². The number of benzene rings is 1. The van der Waals surface area contributed by atoms with E-state index in [0.717, 1.165) is 30.1 Å². The van der Waals surface area contributed by atoms with Crippen LogP contribution in [0.15, 0.2) is 28.4 Å². The predicted molar refractivity (Wildman–Crippen MR) is 114 cm³/mol. The predicted octanol–water partition coefficient (Wildman–Crippen LogP) is 5.23. The summed E-state index contributed by atoms with van der Waals surface area (Å²) in [6.45, 7) is 5.51. The maximum Gasteiger partial charge on any atom is 0.180 e. The van der Waals surface area contributed by atoms with E-state index in [1.807, 2.05) is 31.4 Å². The number of unbranched alkanes of at least 4 members (excludes halogenated alkanes) is 6. The molecule has 0 atom stereocenters. The standard InChI is InChI=1S/C20H33N3O2S/c1-4-6-7-8-9-10-11-14-25-18-13-12-17(15-19(18)24-5-2)16-22-23-20(21)26-3/h12-13,15-16H,4-11,14H2,1-3H3,(H2,21,23)/b22-16-. The normalized spacial score (nSPS) is 11.9. The van der Waals surface area contributed by atoms with E-state index in [4.69, 9.17) is 15.2 Å².